The van der Waals surface area contributed by atoms with Gasteiger partial charge in [-0.15, -0.1) is 0 Å². The van der Waals surface area contributed by atoms with Crippen LogP contribution >= 0.6 is 0 Å². The van der Waals surface area contributed by atoms with Gasteiger partial charge in [0.1, 0.15) is 11.4 Å². The van der Waals surface area contributed by atoms with Crippen LogP contribution in [-0.2, 0) is 6.54 Å². The number of hydrogen-bond acceptors (Lipinski definition) is 7. The van der Waals surface area contributed by atoms with Crippen LogP contribution in [0.2, 0.25) is 0 Å². The number of fused-ring (bicyclic) bond motifs is 1. The Bertz CT molecular complexity index is 1180. The van der Waals surface area contributed by atoms with Crippen molar-refractivity contribution in [3.8, 4) is 23.2 Å². The standard InChI is InChI=1S/C16H17N9O2/c1-4-24-12(13(26)8(3)22-24)15-19-16(21-20-15)25-10-6-18-7(2)5-9(10)11(23-25)14(17)27/h5-6,26H,4H2,1-3H3,(H2,17,27)(H,19,20,21). The highest BCUT2D eigenvalue weighted by molar-refractivity contribution is 6.04. The molecule has 0 unspecified atom stereocenters. The number of carbonyl (C=O) groups excluding carboxylic acids is 1. The molecule has 0 spiro atoms. The molecule has 11 heteroatoms. The summed E-state index contributed by atoms with van der Waals surface area (Å²) in [6, 6.07) is 1.73. The largest absolute Gasteiger partial charge is 0.504 e. The Morgan fingerprint density at radius 2 is 2.11 bits per heavy atom. The van der Waals surface area contributed by atoms with Gasteiger partial charge in [0.25, 0.3) is 5.91 Å². The second-order valence-electron chi connectivity index (χ2n) is 6.05. The number of pyridine rings is 1. The quantitative estimate of drug-likeness (QED) is 0.483. The molecule has 0 saturated carbocycles. The number of nitrogens with two attached hydrogens (primary N) is 1. The predicted octanol–water partition coefficient (Wildman–Crippen LogP) is 0.843. The Kier molecular flexibility index (Phi) is 3.65. The number of hydrogen-bond donors (Lipinski definition) is 3. The van der Waals surface area contributed by atoms with Crippen molar-refractivity contribution in [3.63, 3.8) is 0 Å². The summed E-state index contributed by atoms with van der Waals surface area (Å²) in [5.41, 5.74) is 7.74. The summed E-state index contributed by atoms with van der Waals surface area (Å²) in [5.74, 6) is -0.118. The third-order valence-electron chi connectivity index (χ3n) is 4.22. The van der Waals surface area contributed by atoms with Crippen molar-refractivity contribution >= 4 is 16.8 Å². The number of aromatic amines is 1. The van der Waals surface area contributed by atoms with Gasteiger partial charge in [-0.3, -0.25) is 14.5 Å². The molecule has 4 aromatic rings. The van der Waals surface area contributed by atoms with Crippen LogP contribution in [0.1, 0.15) is 28.8 Å². The van der Waals surface area contributed by atoms with E-state index >= 15 is 0 Å². The van der Waals surface area contributed by atoms with Crippen molar-refractivity contribution in [2.75, 3.05) is 0 Å². The minimum absolute atomic E-state index is 0.0165. The lowest BCUT2D eigenvalue weighted by atomic mass is 10.2. The molecule has 0 saturated heterocycles. The zero-order valence-electron chi connectivity index (χ0n) is 14.9. The fraction of sp³-hybridized carbons (Fsp3) is 0.250. The summed E-state index contributed by atoms with van der Waals surface area (Å²) in [4.78, 5) is 20.4. The lowest BCUT2D eigenvalue weighted by Crippen LogP contribution is -2.12. The lowest BCUT2D eigenvalue weighted by molar-refractivity contribution is 0.0996. The number of carbonyl (C=O) groups is 1. The first-order valence-corrected chi connectivity index (χ1v) is 8.25. The van der Waals surface area contributed by atoms with Gasteiger partial charge in [-0.25, -0.2) is 5.10 Å². The van der Waals surface area contributed by atoms with Crippen molar-refractivity contribution in [2.45, 2.75) is 27.3 Å². The molecule has 0 atom stereocenters. The van der Waals surface area contributed by atoms with Crippen molar-refractivity contribution in [3.05, 3.63) is 29.3 Å². The van der Waals surface area contributed by atoms with Crippen LogP contribution in [-0.4, -0.2) is 50.7 Å². The molecule has 11 nitrogen and oxygen atoms in total. The van der Waals surface area contributed by atoms with E-state index in [0.29, 0.717) is 28.8 Å². The van der Waals surface area contributed by atoms with E-state index in [4.69, 9.17) is 5.73 Å². The summed E-state index contributed by atoms with van der Waals surface area (Å²) in [7, 11) is 0. The molecule has 0 bridgehead atoms. The van der Waals surface area contributed by atoms with Crippen LogP contribution < -0.4 is 5.73 Å². The number of aryl methyl sites for hydroxylation is 3. The molecular formula is C16H17N9O2. The van der Waals surface area contributed by atoms with Crippen molar-refractivity contribution in [1.82, 2.24) is 39.7 Å². The molecule has 27 heavy (non-hydrogen) atoms. The zero-order valence-corrected chi connectivity index (χ0v) is 14.9. The minimum Gasteiger partial charge on any atom is -0.504 e. The molecule has 0 aliphatic rings. The summed E-state index contributed by atoms with van der Waals surface area (Å²) >= 11 is 0. The first kappa shape index (κ1) is 16.7. The number of amides is 1. The smallest absolute Gasteiger partial charge is 0.269 e. The molecule has 0 fully saturated rings. The van der Waals surface area contributed by atoms with Crippen molar-refractivity contribution < 1.29 is 9.90 Å². The Hall–Kier alpha value is -3.76. The summed E-state index contributed by atoms with van der Waals surface area (Å²) < 4.78 is 3.02. The number of H-pyrrole nitrogens is 1. The van der Waals surface area contributed by atoms with Crippen LogP contribution in [0, 0.1) is 13.8 Å². The van der Waals surface area contributed by atoms with E-state index in [1.54, 1.807) is 23.9 Å². The Balaban J connectivity index is 1.89. The topological polar surface area (TPSA) is 153 Å². The fourth-order valence-corrected chi connectivity index (χ4v) is 2.94. The summed E-state index contributed by atoms with van der Waals surface area (Å²) in [6.45, 7) is 5.95. The van der Waals surface area contributed by atoms with E-state index in [9.17, 15) is 9.90 Å². The molecule has 4 aromatic heterocycles. The van der Waals surface area contributed by atoms with Crippen LogP contribution in [0.5, 0.6) is 5.75 Å². The monoisotopic (exact) mass is 367 g/mol. The molecule has 0 aliphatic carbocycles. The van der Waals surface area contributed by atoms with E-state index in [0.717, 1.165) is 5.69 Å². The van der Waals surface area contributed by atoms with Gasteiger partial charge in [0.15, 0.2) is 11.4 Å². The van der Waals surface area contributed by atoms with Gasteiger partial charge in [0.05, 0.1) is 11.7 Å². The number of primary amides is 1. The number of nitrogens with zero attached hydrogens (tertiary/aromatic N) is 7. The Morgan fingerprint density at radius 1 is 1.33 bits per heavy atom. The molecule has 1 amide bonds. The molecule has 4 rings (SSSR count). The van der Waals surface area contributed by atoms with Gasteiger partial charge in [-0.05, 0) is 26.8 Å². The number of aromatic hydroxyl groups is 1. The third-order valence-corrected chi connectivity index (χ3v) is 4.22. The SMILES string of the molecule is CCn1nc(C)c(O)c1-c1n[nH]c(-n2nc(C(N)=O)c3cc(C)ncc32)n1. The van der Waals surface area contributed by atoms with E-state index in [2.05, 4.69) is 30.4 Å². The van der Waals surface area contributed by atoms with Gasteiger partial charge < -0.3 is 10.8 Å². The van der Waals surface area contributed by atoms with Gasteiger partial charge in [-0.1, -0.05) is 0 Å². The maximum atomic E-state index is 11.8. The second-order valence-corrected chi connectivity index (χ2v) is 6.05. The molecule has 0 radical (unpaired) electrons. The molecule has 4 heterocycles. The average Bonchev–Trinajstić information content (AvgIpc) is 3.31. The minimum atomic E-state index is -0.651. The Morgan fingerprint density at radius 3 is 2.81 bits per heavy atom. The van der Waals surface area contributed by atoms with Crippen molar-refractivity contribution in [1.29, 1.82) is 0 Å². The summed E-state index contributed by atoms with van der Waals surface area (Å²) in [5, 5.41) is 26.3. The Labute approximate surface area is 152 Å². The van der Waals surface area contributed by atoms with Gasteiger partial charge in [0, 0.05) is 17.6 Å². The zero-order chi connectivity index (χ0) is 19.3. The highest BCUT2D eigenvalue weighted by Gasteiger charge is 2.22. The molecule has 0 aliphatic heterocycles. The highest BCUT2D eigenvalue weighted by Crippen LogP contribution is 2.30. The van der Waals surface area contributed by atoms with E-state index < -0.39 is 5.91 Å². The fourth-order valence-electron chi connectivity index (χ4n) is 2.94. The highest BCUT2D eigenvalue weighted by atomic mass is 16.3. The van der Waals surface area contributed by atoms with E-state index in [1.165, 1.54) is 4.68 Å². The molecule has 4 N–H and O–H groups in total. The van der Waals surface area contributed by atoms with Crippen molar-refractivity contribution in [2.24, 2.45) is 5.73 Å². The van der Waals surface area contributed by atoms with E-state index in [-0.39, 0.29) is 23.2 Å². The van der Waals surface area contributed by atoms with Gasteiger partial charge in [0.2, 0.25) is 11.8 Å². The first-order chi connectivity index (χ1) is 12.9. The number of aromatic nitrogens is 8. The van der Waals surface area contributed by atoms with Crippen LogP contribution in [0.15, 0.2) is 12.3 Å². The predicted molar refractivity (Wildman–Crippen MR) is 95.4 cm³/mol. The van der Waals surface area contributed by atoms with Crippen LogP contribution in [0.3, 0.4) is 0 Å². The van der Waals surface area contributed by atoms with Crippen LogP contribution in [0.25, 0.3) is 28.4 Å². The van der Waals surface area contributed by atoms with Crippen LogP contribution in [0.4, 0.5) is 0 Å². The first-order valence-electron chi connectivity index (χ1n) is 8.25. The molecule has 138 valence electrons. The van der Waals surface area contributed by atoms with Gasteiger partial charge in [-0.2, -0.15) is 25.0 Å². The maximum Gasteiger partial charge on any atom is 0.269 e. The lowest BCUT2D eigenvalue weighted by Gasteiger charge is -2.00. The number of rotatable bonds is 4. The average molecular weight is 367 g/mol. The van der Waals surface area contributed by atoms with Gasteiger partial charge >= 0.3 is 0 Å². The number of nitrogens with one attached hydrogen (secondary N) is 1. The maximum absolute atomic E-state index is 11.8. The third kappa shape index (κ3) is 2.51. The molecular weight excluding hydrogens is 350 g/mol. The summed E-state index contributed by atoms with van der Waals surface area (Å²) in [6.07, 6.45) is 1.59. The molecule has 0 aromatic carbocycles. The van der Waals surface area contributed by atoms with E-state index in [1.807, 2.05) is 13.8 Å². The normalized spacial score (nSPS) is 11.4. The second kappa shape index (κ2) is 5.90.